The Kier molecular flexibility index (Phi) is 6.67. The molecule has 0 saturated carbocycles. The molecule has 0 aliphatic heterocycles. The summed E-state index contributed by atoms with van der Waals surface area (Å²) in [6, 6.07) is 2.18. The van der Waals surface area contributed by atoms with Crippen molar-refractivity contribution in [2.24, 2.45) is 0 Å². The van der Waals surface area contributed by atoms with Gasteiger partial charge in [-0.3, -0.25) is 0 Å². The van der Waals surface area contributed by atoms with Crippen LogP contribution in [0.1, 0.15) is 19.8 Å². The summed E-state index contributed by atoms with van der Waals surface area (Å²) in [4.78, 5) is -0.559. The highest BCUT2D eigenvalue weighted by Crippen LogP contribution is 2.24. The van der Waals surface area contributed by atoms with E-state index in [0.717, 1.165) is 25.0 Å². The number of nitrogens with two attached hydrogens (primary N) is 1. The van der Waals surface area contributed by atoms with E-state index < -0.39 is 20.7 Å². The molecule has 0 radical (unpaired) electrons. The number of hydrogen-bond acceptors (Lipinski definition) is 4. The van der Waals surface area contributed by atoms with Crippen LogP contribution < -0.4 is 10.5 Å². The van der Waals surface area contributed by atoms with E-state index in [0.29, 0.717) is 6.61 Å². The van der Waals surface area contributed by atoms with E-state index in [1.165, 1.54) is 0 Å². The fraction of sp³-hybridized carbons (Fsp3) is 0.500. The Bertz CT molecular complexity index is 552. The number of sulfonamides is 1. The predicted molar refractivity (Wildman–Crippen MR) is 76.7 cm³/mol. The van der Waals surface area contributed by atoms with E-state index in [4.69, 9.17) is 22.1 Å². The van der Waals surface area contributed by atoms with Crippen LogP contribution >= 0.6 is 11.6 Å². The first kappa shape index (κ1) is 17.2. The lowest BCUT2D eigenvalue weighted by atomic mass is 10.3. The molecule has 0 atom stereocenters. The molecule has 5 nitrogen and oxygen atoms in total. The number of ether oxygens (including phenoxy) is 1. The standard InChI is InChI=1S/C12H18ClFN2O3S/c1-2-3-5-19-6-4-16-20(17,18)11-8-9(13)7-10(15)12(11)14/h7-8,16H,2-6,15H2,1H3. The fourth-order valence-corrected chi connectivity index (χ4v) is 2.89. The van der Waals surface area contributed by atoms with Crippen molar-refractivity contribution in [2.75, 3.05) is 25.5 Å². The summed E-state index contributed by atoms with van der Waals surface area (Å²) < 4.78 is 45.0. The van der Waals surface area contributed by atoms with Crippen LogP contribution in [0.25, 0.3) is 0 Å². The Morgan fingerprint density at radius 3 is 2.75 bits per heavy atom. The number of nitrogen functional groups attached to an aromatic ring is 1. The van der Waals surface area contributed by atoms with Gasteiger partial charge in [0.15, 0.2) is 5.82 Å². The monoisotopic (exact) mass is 324 g/mol. The van der Waals surface area contributed by atoms with Crippen LogP contribution in [0, 0.1) is 5.82 Å². The van der Waals surface area contributed by atoms with E-state index in [1.54, 1.807) is 0 Å². The third-order valence-electron chi connectivity index (χ3n) is 2.50. The largest absolute Gasteiger partial charge is 0.396 e. The van der Waals surface area contributed by atoms with Crippen molar-refractivity contribution in [3.05, 3.63) is 23.0 Å². The predicted octanol–water partition coefficient (Wildman–Crippen LogP) is 2.16. The third-order valence-corrected chi connectivity index (χ3v) is 4.18. The van der Waals surface area contributed by atoms with Gasteiger partial charge in [0, 0.05) is 18.2 Å². The van der Waals surface area contributed by atoms with Crippen LogP contribution in [0.5, 0.6) is 0 Å². The second-order valence-electron chi connectivity index (χ2n) is 4.17. The zero-order valence-electron chi connectivity index (χ0n) is 11.2. The van der Waals surface area contributed by atoms with Crippen LogP contribution in [0.2, 0.25) is 5.02 Å². The lowest BCUT2D eigenvalue weighted by Gasteiger charge is -2.10. The van der Waals surface area contributed by atoms with Gasteiger partial charge >= 0.3 is 0 Å². The Balaban J connectivity index is 2.65. The zero-order chi connectivity index (χ0) is 15.2. The minimum Gasteiger partial charge on any atom is -0.396 e. The molecule has 1 rings (SSSR count). The molecule has 0 amide bonds. The molecule has 0 fully saturated rings. The van der Waals surface area contributed by atoms with E-state index in [1.807, 2.05) is 6.92 Å². The first-order valence-electron chi connectivity index (χ1n) is 6.20. The first-order valence-corrected chi connectivity index (χ1v) is 8.06. The van der Waals surface area contributed by atoms with Crippen molar-refractivity contribution in [2.45, 2.75) is 24.7 Å². The van der Waals surface area contributed by atoms with Gasteiger partial charge in [0.1, 0.15) is 4.90 Å². The van der Waals surface area contributed by atoms with Gasteiger partial charge in [-0.25, -0.2) is 17.5 Å². The maximum atomic E-state index is 13.7. The molecule has 0 unspecified atom stereocenters. The molecular weight excluding hydrogens is 307 g/mol. The van der Waals surface area contributed by atoms with Crippen LogP contribution in [-0.4, -0.2) is 28.2 Å². The number of rotatable bonds is 8. The summed E-state index contributed by atoms with van der Waals surface area (Å²) in [5.74, 6) is -1.01. The normalized spacial score (nSPS) is 11.8. The molecule has 0 heterocycles. The van der Waals surface area contributed by atoms with Gasteiger partial charge in [-0.15, -0.1) is 0 Å². The second kappa shape index (κ2) is 7.78. The molecule has 0 bridgehead atoms. The lowest BCUT2D eigenvalue weighted by molar-refractivity contribution is 0.136. The highest BCUT2D eigenvalue weighted by atomic mass is 35.5. The number of nitrogens with one attached hydrogen (secondary N) is 1. The summed E-state index contributed by atoms with van der Waals surface area (Å²) in [6.07, 6.45) is 1.91. The molecule has 0 aliphatic rings. The molecule has 8 heteroatoms. The lowest BCUT2D eigenvalue weighted by Crippen LogP contribution is -2.28. The Labute approximate surface area is 123 Å². The first-order chi connectivity index (χ1) is 9.38. The molecule has 114 valence electrons. The van der Waals surface area contributed by atoms with E-state index in [2.05, 4.69) is 4.72 Å². The maximum absolute atomic E-state index is 13.7. The fourth-order valence-electron chi connectivity index (χ4n) is 1.45. The topological polar surface area (TPSA) is 81.4 Å². The molecule has 0 aliphatic carbocycles. The molecule has 1 aromatic rings. The van der Waals surface area contributed by atoms with Crippen LogP contribution in [0.3, 0.4) is 0 Å². The number of benzene rings is 1. The zero-order valence-corrected chi connectivity index (χ0v) is 12.7. The van der Waals surface area contributed by atoms with Crippen LogP contribution in [0.4, 0.5) is 10.1 Å². The molecule has 0 spiro atoms. The highest BCUT2D eigenvalue weighted by molar-refractivity contribution is 7.89. The van der Waals surface area contributed by atoms with Gasteiger partial charge in [0.25, 0.3) is 0 Å². The highest BCUT2D eigenvalue weighted by Gasteiger charge is 2.21. The molecule has 3 N–H and O–H groups in total. The smallest absolute Gasteiger partial charge is 0.243 e. The van der Waals surface area contributed by atoms with E-state index in [9.17, 15) is 12.8 Å². The summed E-state index contributed by atoms with van der Waals surface area (Å²) in [6.45, 7) is 2.86. The molecular formula is C12H18ClFN2O3S. The minimum atomic E-state index is -4.00. The minimum absolute atomic E-state index is 0.0535. The van der Waals surface area contributed by atoms with Gasteiger partial charge in [0.2, 0.25) is 10.0 Å². The molecule has 0 aromatic heterocycles. The number of unbranched alkanes of at least 4 members (excludes halogenated alkanes) is 1. The summed E-state index contributed by atoms with van der Waals surface area (Å²) in [5.41, 5.74) is 5.04. The van der Waals surface area contributed by atoms with Crippen LogP contribution in [-0.2, 0) is 14.8 Å². The summed E-state index contributed by atoms with van der Waals surface area (Å²) in [7, 11) is -4.00. The van der Waals surface area contributed by atoms with Gasteiger partial charge in [-0.05, 0) is 18.6 Å². The van der Waals surface area contributed by atoms with Crippen LogP contribution in [0.15, 0.2) is 17.0 Å². The van der Waals surface area contributed by atoms with Gasteiger partial charge in [0.05, 0.1) is 12.3 Å². The quantitative estimate of drug-likeness (QED) is 0.567. The summed E-state index contributed by atoms with van der Waals surface area (Å²) >= 11 is 5.68. The number of halogens is 2. The molecule has 0 saturated heterocycles. The van der Waals surface area contributed by atoms with Crippen molar-refractivity contribution in [1.29, 1.82) is 0 Å². The third kappa shape index (κ3) is 4.90. The summed E-state index contributed by atoms with van der Waals surface area (Å²) in [5, 5.41) is 0.0588. The number of hydrogen-bond donors (Lipinski definition) is 2. The van der Waals surface area contributed by atoms with Crippen molar-refractivity contribution < 1.29 is 17.5 Å². The van der Waals surface area contributed by atoms with Crippen molar-refractivity contribution in [3.63, 3.8) is 0 Å². The van der Waals surface area contributed by atoms with Crippen molar-refractivity contribution >= 4 is 27.3 Å². The maximum Gasteiger partial charge on any atom is 0.243 e. The Morgan fingerprint density at radius 1 is 1.40 bits per heavy atom. The Morgan fingerprint density at radius 2 is 2.10 bits per heavy atom. The van der Waals surface area contributed by atoms with Gasteiger partial charge in [-0.1, -0.05) is 24.9 Å². The molecule has 1 aromatic carbocycles. The van der Waals surface area contributed by atoms with E-state index >= 15 is 0 Å². The van der Waals surface area contributed by atoms with E-state index in [-0.39, 0.29) is 23.9 Å². The molecule has 20 heavy (non-hydrogen) atoms. The average Bonchev–Trinajstić information content (AvgIpc) is 2.37. The second-order valence-corrected chi connectivity index (χ2v) is 6.34. The number of anilines is 1. The van der Waals surface area contributed by atoms with Crippen molar-refractivity contribution in [3.8, 4) is 0 Å². The SMILES string of the molecule is CCCCOCCNS(=O)(=O)c1cc(Cl)cc(N)c1F. The van der Waals surface area contributed by atoms with Gasteiger partial charge < -0.3 is 10.5 Å². The van der Waals surface area contributed by atoms with Crippen molar-refractivity contribution in [1.82, 2.24) is 4.72 Å². The average molecular weight is 325 g/mol. The van der Waals surface area contributed by atoms with Gasteiger partial charge in [-0.2, -0.15) is 0 Å². The Hall–Kier alpha value is -0.890.